The Morgan fingerprint density at radius 1 is 1.41 bits per heavy atom. The Morgan fingerprint density at radius 3 is 2.71 bits per heavy atom. The number of amidine groups is 1. The van der Waals surface area contributed by atoms with Crippen LogP contribution in [-0.2, 0) is 0 Å². The molecule has 0 bridgehead atoms. The minimum absolute atomic E-state index is 0.0418. The van der Waals surface area contributed by atoms with Crippen LogP contribution in [0, 0.1) is 5.92 Å². The topological polar surface area (TPSA) is 77.1 Å². The van der Waals surface area contributed by atoms with Crippen molar-refractivity contribution in [2.75, 3.05) is 13.7 Å². The quantitative estimate of drug-likeness (QED) is 0.352. The molecule has 0 aromatic heterocycles. The summed E-state index contributed by atoms with van der Waals surface area (Å²) in [6.45, 7) is 0.711. The second-order valence-electron chi connectivity index (χ2n) is 4.14. The summed E-state index contributed by atoms with van der Waals surface area (Å²) < 4.78 is 10.8. The number of hydrogen-bond acceptors (Lipinski definition) is 4. The highest BCUT2D eigenvalue weighted by Gasteiger charge is 2.22. The highest BCUT2D eigenvalue weighted by atomic mass is 16.5. The minimum atomic E-state index is 0.0418. The molecule has 1 aliphatic carbocycles. The van der Waals surface area contributed by atoms with E-state index < -0.39 is 0 Å². The predicted octanol–water partition coefficient (Wildman–Crippen LogP) is 1.58. The first-order valence-electron chi connectivity index (χ1n) is 5.52. The van der Waals surface area contributed by atoms with Crippen molar-refractivity contribution in [3.8, 4) is 11.5 Å². The molecular weight excluding hydrogens is 220 g/mol. The molecule has 0 amide bonds. The molecule has 0 spiro atoms. The third kappa shape index (κ3) is 3.03. The second-order valence-corrected chi connectivity index (χ2v) is 4.14. The molecule has 0 saturated heterocycles. The van der Waals surface area contributed by atoms with Gasteiger partial charge in [-0.25, -0.2) is 0 Å². The van der Waals surface area contributed by atoms with Gasteiger partial charge < -0.3 is 20.4 Å². The first kappa shape index (κ1) is 11.6. The fourth-order valence-corrected chi connectivity index (χ4v) is 1.48. The van der Waals surface area contributed by atoms with E-state index in [0.29, 0.717) is 29.6 Å². The number of benzene rings is 1. The number of ether oxygens (including phenoxy) is 2. The van der Waals surface area contributed by atoms with E-state index in [0.717, 1.165) is 0 Å². The van der Waals surface area contributed by atoms with Crippen molar-refractivity contribution in [2.24, 2.45) is 16.8 Å². The molecule has 0 heterocycles. The second kappa shape index (κ2) is 4.95. The molecule has 0 radical (unpaired) electrons. The molecule has 5 nitrogen and oxygen atoms in total. The molecule has 1 aromatic rings. The van der Waals surface area contributed by atoms with Crippen LogP contribution in [0.3, 0.4) is 0 Å². The van der Waals surface area contributed by atoms with Crippen LogP contribution in [0.15, 0.2) is 23.4 Å². The van der Waals surface area contributed by atoms with Crippen molar-refractivity contribution in [1.82, 2.24) is 0 Å². The van der Waals surface area contributed by atoms with Crippen molar-refractivity contribution in [2.45, 2.75) is 12.8 Å². The standard InChI is InChI=1S/C12H16N2O3/c1-16-10-4-9(12(13)14-15)5-11(6-10)17-7-8-2-3-8/h4-6,8,15H,2-3,7H2,1H3,(H2,13,14). The number of nitrogens with two attached hydrogens (primary N) is 1. The van der Waals surface area contributed by atoms with Crippen LogP contribution in [0.25, 0.3) is 0 Å². The fourth-order valence-electron chi connectivity index (χ4n) is 1.48. The van der Waals surface area contributed by atoms with E-state index in [2.05, 4.69) is 5.16 Å². The lowest BCUT2D eigenvalue weighted by Gasteiger charge is -2.09. The average molecular weight is 236 g/mol. The largest absolute Gasteiger partial charge is 0.497 e. The van der Waals surface area contributed by atoms with Crippen molar-refractivity contribution in [3.63, 3.8) is 0 Å². The lowest BCUT2D eigenvalue weighted by atomic mass is 10.2. The molecule has 1 aliphatic rings. The van der Waals surface area contributed by atoms with Gasteiger partial charge in [-0.15, -0.1) is 0 Å². The van der Waals surface area contributed by atoms with E-state index in [1.54, 1.807) is 25.3 Å². The van der Waals surface area contributed by atoms with Gasteiger partial charge >= 0.3 is 0 Å². The van der Waals surface area contributed by atoms with Crippen LogP contribution < -0.4 is 15.2 Å². The highest BCUT2D eigenvalue weighted by Crippen LogP contribution is 2.30. The Labute approximate surface area is 99.8 Å². The van der Waals surface area contributed by atoms with Gasteiger partial charge in [-0.2, -0.15) is 0 Å². The predicted molar refractivity (Wildman–Crippen MR) is 63.7 cm³/mol. The first-order chi connectivity index (χ1) is 8.22. The van der Waals surface area contributed by atoms with E-state index in [-0.39, 0.29) is 5.84 Å². The van der Waals surface area contributed by atoms with Gasteiger partial charge in [-0.05, 0) is 30.9 Å². The average Bonchev–Trinajstić information content (AvgIpc) is 3.19. The smallest absolute Gasteiger partial charge is 0.170 e. The summed E-state index contributed by atoms with van der Waals surface area (Å²) >= 11 is 0. The molecule has 5 heteroatoms. The minimum Gasteiger partial charge on any atom is -0.497 e. The SMILES string of the molecule is COc1cc(OCC2CC2)cc(/C(N)=N/O)c1. The van der Waals surface area contributed by atoms with Gasteiger partial charge in [0, 0.05) is 11.6 Å². The number of hydrogen-bond donors (Lipinski definition) is 2. The van der Waals surface area contributed by atoms with Gasteiger partial charge in [0.25, 0.3) is 0 Å². The summed E-state index contributed by atoms with van der Waals surface area (Å²) in [6.07, 6.45) is 2.47. The molecular formula is C12H16N2O3. The molecule has 0 aliphatic heterocycles. The zero-order valence-electron chi connectivity index (χ0n) is 9.72. The van der Waals surface area contributed by atoms with E-state index in [9.17, 15) is 0 Å². The molecule has 17 heavy (non-hydrogen) atoms. The fraction of sp³-hybridized carbons (Fsp3) is 0.417. The molecule has 1 aromatic carbocycles. The van der Waals surface area contributed by atoms with Gasteiger partial charge in [0.1, 0.15) is 11.5 Å². The Kier molecular flexibility index (Phi) is 3.37. The van der Waals surface area contributed by atoms with Crippen molar-refractivity contribution >= 4 is 5.84 Å². The number of nitrogens with zero attached hydrogens (tertiary/aromatic N) is 1. The van der Waals surface area contributed by atoms with Gasteiger partial charge in [0.15, 0.2) is 5.84 Å². The maximum Gasteiger partial charge on any atom is 0.170 e. The summed E-state index contributed by atoms with van der Waals surface area (Å²) in [5, 5.41) is 11.6. The third-order valence-electron chi connectivity index (χ3n) is 2.70. The van der Waals surface area contributed by atoms with Crippen LogP contribution in [0.1, 0.15) is 18.4 Å². The van der Waals surface area contributed by atoms with Crippen LogP contribution in [-0.4, -0.2) is 24.8 Å². The first-order valence-corrected chi connectivity index (χ1v) is 5.52. The monoisotopic (exact) mass is 236 g/mol. The molecule has 92 valence electrons. The highest BCUT2D eigenvalue weighted by molar-refractivity contribution is 5.97. The Morgan fingerprint density at radius 2 is 2.12 bits per heavy atom. The van der Waals surface area contributed by atoms with Crippen LogP contribution in [0.2, 0.25) is 0 Å². The number of oxime groups is 1. The van der Waals surface area contributed by atoms with Crippen molar-refractivity contribution < 1.29 is 14.7 Å². The molecule has 1 saturated carbocycles. The zero-order valence-corrected chi connectivity index (χ0v) is 9.72. The van der Waals surface area contributed by atoms with E-state index in [4.69, 9.17) is 20.4 Å². The normalized spacial score (nSPS) is 15.7. The van der Waals surface area contributed by atoms with E-state index >= 15 is 0 Å². The Bertz CT molecular complexity index is 428. The van der Waals surface area contributed by atoms with Gasteiger partial charge in [0.05, 0.1) is 13.7 Å². The third-order valence-corrected chi connectivity index (χ3v) is 2.70. The lowest BCUT2D eigenvalue weighted by Crippen LogP contribution is -2.13. The van der Waals surface area contributed by atoms with E-state index in [1.165, 1.54) is 12.8 Å². The number of methoxy groups -OCH3 is 1. The van der Waals surface area contributed by atoms with Crippen LogP contribution in [0.4, 0.5) is 0 Å². The van der Waals surface area contributed by atoms with Crippen LogP contribution >= 0.6 is 0 Å². The van der Waals surface area contributed by atoms with Gasteiger partial charge in [0.2, 0.25) is 0 Å². The summed E-state index contributed by atoms with van der Waals surface area (Å²) in [4.78, 5) is 0. The molecule has 2 rings (SSSR count). The van der Waals surface area contributed by atoms with Gasteiger partial charge in [-0.1, -0.05) is 5.16 Å². The van der Waals surface area contributed by atoms with Crippen molar-refractivity contribution in [3.05, 3.63) is 23.8 Å². The summed E-state index contributed by atoms with van der Waals surface area (Å²) in [6, 6.07) is 5.22. The molecule has 0 unspecified atom stereocenters. The summed E-state index contributed by atoms with van der Waals surface area (Å²) in [7, 11) is 1.57. The summed E-state index contributed by atoms with van der Waals surface area (Å²) in [5.74, 6) is 2.02. The lowest BCUT2D eigenvalue weighted by molar-refractivity contribution is 0.297. The van der Waals surface area contributed by atoms with Crippen molar-refractivity contribution in [1.29, 1.82) is 0 Å². The zero-order chi connectivity index (χ0) is 12.3. The van der Waals surface area contributed by atoms with E-state index in [1.807, 2.05) is 0 Å². The maximum absolute atomic E-state index is 8.65. The van der Waals surface area contributed by atoms with Gasteiger partial charge in [-0.3, -0.25) is 0 Å². The molecule has 1 fully saturated rings. The molecule has 0 atom stereocenters. The molecule has 3 N–H and O–H groups in total. The summed E-state index contributed by atoms with van der Waals surface area (Å²) in [5.41, 5.74) is 6.13. The number of rotatable bonds is 5. The maximum atomic E-state index is 8.65. The Balaban J connectivity index is 2.17. The van der Waals surface area contributed by atoms with Crippen LogP contribution in [0.5, 0.6) is 11.5 Å². The Hall–Kier alpha value is -1.91.